The molecule has 72 heavy (non-hydrogen) atoms. The van der Waals surface area contributed by atoms with Gasteiger partial charge >= 0.3 is 0 Å². The number of carbonyl (C=O) groups is 4. The fourth-order valence-corrected chi connectivity index (χ4v) is 10.5. The van der Waals surface area contributed by atoms with Gasteiger partial charge in [-0.05, 0) is 126 Å². The summed E-state index contributed by atoms with van der Waals surface area (Å²) in [6.07, 6.45) is 0.684. The summed E-state index contributed by atoms with van der Waals surface area (Å²) >= 11 is 3.10. The molecule has 2 aromatic heterocycles. The molecule has 4 atom stereocenters. The van der Waals surface area contributed by atoms with Crippen LogP contribution in [0.3, 0.4) is 0 Å². The molecule has 372 valence electrons. The van der Waals surface area contributed by atoms with E-state index in [0.29, 0.717) is 16.9 Å². The highest BCUT2D eigenvalue weighted by Crippen LogP contribution is 2.46. The Morgan fingerprint density at radius 3 is 2.19 bits per heavy atom. The molecule has 4 amide bonds. The highest BCUT2D eigenvalue weighted by molar-refractivity contribution is 7.23. The number of hydrogen-bond acceptors (Lipinski definition) is 13. The van der Waals surface area contributed by atoms with Gasteiger partial charge in [0.05, 0.1) is 41.0 Å². The largest absolute Gasteiger partial charge is 0.508 e. The summed E-state index contributed by atoms with van der Waals surface area (Å²) in [5, 5.41) is 41.5. The molecule has 0 radical (unpaired) electrons. The summed E-state index contributed by atoms with van der Waals surface area (Å²) < 4.78 is 12.3. The molecule has 1 saturated heterocycles. The zero-order chi connectivity index (χ0) is 51.1. The molecule has 0 bridgehead atoms. The van der Waals surface area contributed by atoms with E-state index in [1.807, 2.05) is 94.7 Å². The van der Waals surface area contributed by atoms with Crippen LogP contribution in [0.4, 0.5) is 0 Å². The first-order valence-electron chi connectivity index (χ1n) is 23.4. The number of thiophene rings is 1. The van der Waals surface area contributed by atoms with E-state index < -0.39 is 41.3 Å². The normalized spacial score (nSPS) is 15.6. The number of phenols is 2. The quantitative estimate of drug-likeness (QED) is 0.0291. The van der Waals surface area contributed by atoms with E-state index in [0.717, 1.165) is 53.4 Å². The number of fused-ring (bicyclic) bond motifs is 1. The maximum Gasteiger partial charge on any atom is 0.271 e. The van der Waals surface area contributed by atoms with Gasteiger partial charge in [0.15, 0.2) is 0 Å². The number of nitrogens with one attached hydrogen (secondary N) is 3. The number of ether oxygens (including phenoxy) is 2. The topological polar surface area (TPSA) is 212 Å². The molecule has 15 nitrogen and oxygen atoms in total. The molecule has 0 aliphatic carbocycles. The van der Waals surface area contributed by atoms with Crippen LogP contribution in [0.15, 0.2) is 126 Å². The second kappa shape index (κ2) is 22.3. The Kier molecular flexibility index (Phi) is 15.8. The van der Waals surface area contributed by atoms with Crippen molar-refractivity contribution in [3.05, 3.63) is 143 Å². The van der Waals surface area contributed by atoms with E-state index >= 15 is 0 Å². The lowest BCUT2D eigenvalue weighted by atomic mass is 9.85. The first-order valence-corrected chi connectivity index (χ1v) is 25.1. The number of hydrazone groups is 1. The molecular formula is C55H56N6O9S2. The van der Waals surface area contributed by atoms with Crippen LogP contribution < -0.4 is 20.8 Å². The summed E-state index contributed by atoms with van der Waals surface area (Å²) in [5.74, 6) is -0.881. The second-order valence-corrected chi connectivity index (χ2v) is 20.6. The van der Waals surface area contributed by atoms with Gasteiger partial charge in [0.25, 0.3) is 5.91 Å². The predicted molar refractivity (Wildman–Crippen MR) is 280 cm³/mol. The minimum Gasteiger partial charge on any atom is -0.508 e. The van der Waals surface area contributed by atoms with Crippen LogP contribution in [0.25, 0.3) is 42.1 Å². The molecule has 5 aromatic carbocycles. The third-order valence-corrected chi connectivity index (χ3v) is 14.5. The average molecular weight is 1010 g/mol. The average Bonchev–Trinajstić information content (AvgIpc) is 4.09. The smallest absolute Gasteiger partial charge is 0.271 e. The van der Waals surface area contributed by atoms with Crippen molar-refractivity contribution in [2.45, 2.75) is 65.3 Å². The van der Waals surface area contributed by atoms with Crippen molar-refractivity contribution >= 4 is 62.6 Å². The fraction of sp³-hybridized carbons (Fsp3) is 0.273. The number of thiazole rings is 1. The lowest BCUT2D eigenvalue weighted by Crippen LogP contribution is -2.58. The van der Waals surface area contributed by atoms with Crippen molar-refractivity contribution in [1.82, 2.24) is 25.9 Å². The van der Waals surface area contributed by atoms with Crippen molar-refractivity contribution < 1.29 is 44.0 Å². The number of amides is 4. The number of β-amino-alcohol motifs (C(OH)–C–C–N with tert-alkyl or cyclic N) is 1. The van der Waals surface area contributed by atoms with E-state index in [2.05, 4.69) is 26.1 Å². The van der Waals surface area contributed by atoms with Gasteiger partial charge in [0, 0.05) is 39.1 Å². The maximum atomic E-state index is 14.1. The Labute approximate surface area is 425 Å². The van der Waals surface area contributed by atoms with Gasteiger partial charge < -0.3 is 40.3 Å². The zero-order valence-corrected chi connectivity index (χ0v) is 42.1. The summed E-state index contributed by atoms with van der Waals surface area (Å²) in [4.78, 5) is 61.6. The second-order valence-electron chi connectivity index (χ2n) is 18.7. The Hall–Kier alpha value is -7.44. The van der Waals surface area contributed by atoms with Crippen molar-refractivity contribution in [3.8, 4) is 49.3 Å². The number of carbonyl (C=O) groups excluding carboxylic acids is 4. The fourth-order valence-electron chi connectivity index (χ4n) is 8.46. The predicted octanol–water partition coefficient (Wildman–Crippen LogP) is 8.61. The SMILES string of the molecule is Cc1ncsc1-c1ccc(C(C)NC(=O)C2CC(O)CN2C(=O)C(NC(=O)COCCOc2ccc(C=NNC(=O)c3ccc(-c4c(-c5ccc(O)cc5)sc5cc(O)ccc45)cc3)cc2)C(C)(C)C)cc1. The number of aliphatic hydroxyl groups excluding tert-OH is 1. The van der Waals surface area contributed by atoms with Gasteiger partial charge in [-0.2, -0.15) is 5.10 Å². The van der Waals surface area contributed by atoms with Gasteiger partial charge in [-0.25, -0.2) is 10.4 Å². The molecular weight excluding hydrogens is 953 g/mol. The van der Waals surface area contributed by atoms with Crippen LogP contribution in [0.2, 0.25) is 0 Å². The lowest BCUT2D eigenvalue weighted by molar-refractivity contribution is -0.144. The third-order valence-electron chi connectivity index (χ3n) is 12.3. The van der Waals surface area contributed by atoms with Crippen molar-refractivity contribution in [1.29, 1.82) is 0 Å². The van der Waals surface area contributed by atoms with Crippen LogP contribution in [0, 0.1) is 12.3 Å². The van der Waals surface area contributed by atoms with Crippen molar-refractivity contribution in [3.63, 3.8) is 0 Å². The van der Waals surface area contributed by atoms with Crippen molar-refractivity contribution in [2.24, 2.45) is 10.5 Å². The van der Waals surface area contributed by atoms with Gasteiger partial charge in [-0.1, -0.05) is 57.2 Å². The number of nitrogens with zero attached hydrogens (tertiary/aromatic N) is 3. The van der Waals surface area contributed by atoms with Gasteiger partial charge in [-0.15, -0.1) is 22.7 Å². The van der Waals surface area contributed by atoms with Gasteiger partial charge in [-0.3, -0.25) is 19.2 Å². The first kappa shape index (κ1) is 50.9. The molecule has 1 aliphatic heterocycles. The van der Waals surface area contributed by atoms with E-state index in [1.165, 1.54) is 22.5 Å². The molecule has 17 heteroatoms. The van der Waals surface area contributed by atoms with E-state index in [1.54, 1.807) is 72.0 Å². The summed E-state index contributed by atoms with van der Waals surface area (Å²) in [6, 6.07) is 32.0. The Balaban J connectivity index is 0.776. The molecule has 3 heterocycles. The van der Waals surface area contributed by atoms with Gasteiger partial charge in [0.1, 0.15) is 42.5 Å². The van der Waals surface area contributed by atoms with Crippen LogP contribution in [-0.4, -0.2) is 99.6 Å². The number of hydrogen-bond donors (Lipinski definition) is 6. The molecule has 1 fully saturated rings. The lowest BCUT2D eigenvalue weighted by Gasteiger charge is -2.35. The summed E-state index contributed by atoms with van der Waals surface area (Å²) in [5.41, 5.74) is 10.4. The number of rotatable bonds is 17. The van der Waals surface area contributed by atoms with Gasteiger partial charge in [0.2, 0.25) is 17.7 Å². The molecule has 4 unspecified atom stereocenters. The van der Waals surface area contributed by atoms with Crippen LogP contribution in [0.5, 0.6) is 17.2 Å². The number of aryl methyl sites for hydroxylation is 1. The molecule has 8 rings (SSSR count). The van der Waals surface area contributed by atoms with E-state index in [9.17, 15) is 34.5 Å². The minimum atomic E-state index is -1.00. The highest BCUT2D eigenvalue weighted by Gasteiger charge is 2.44. The number of aromatic hydroxyl groups is 2. The number of benzene rings is 5. The third kappa shape index (κ3) is 12.2. The van der Waals surface area contributed by atoms with E-state index in [-0.39, 0.29) is 56.2 Å². The van der Waals surface area contributed by atoms with Crippen LogP contribution in [0.1, 0.15) is 67.3 Å². The first-order chi connectivity index (χ1) is 34.5. The van der Waals surface area contributed by atoms with Crippen molar-refractivity contribution in [2.75, 3.05) is 26.4 Å². The summed E-state index contributed by atoms with van der Waals surface area (Å²) in [7, 11) is 0. The molecule has 0 saturated carbocycles. The highest BCUT2D eigenvalue weighted by atomic mass is 32.1. The van der Waals surface area contributed by atoms with E-state index in [4.69, 9.17) is 9.47 Å². The molecule has 1 aliphatic rings. The monoisotopic (exact) mass is 1010 g/mol. The Bertz CT molecular complexity index is 3070. The standard InChI is InChI=1S/C55H56N6O9S2/c1-32(35-8-12-37(13-9-35)49-33(2)56-31-71-49)58-53(67)45-26-42(64)29-61(45)54(68)51(55(3,4)5)59-47(65)30-69-24-25-70-43-21-6-34(7-22-43)28-57-60-52(66)39-14-10-36(11-15-39)48-44-23-20-41(63)27-46(44)72-50(48)38-16-18-40(62)19-17-38/h6-23,27-28,31-32,42,45,51,62-64H,24-26,29-30H2,1-5H3,(H,58,67)(H,59,65)(H,60,66). The number of aliphatic hydroxyl groups is 1. The minimum absolute atomic E-state index is 0.0414. The zero-order valence-electron chi connectivity index (χ0n) is 40.4. The van der Waals surface area contributed by atoms with Crippen LogP contribution in [-0.2, 0) is 19.1 Å². The number of likely N-dealkylation sites (tertiary alicyclic amines) is 1. The Morgan fingerprint density at radius 1 is 0.847 bits per heavy atom. The van der Waals surface area contributed by atoms with Crippen LogP contribution >= 0.6 is 22.7 Å². The molecule has 0 spiro atoms. The molecule has 7 aromatic rings. The number of phenolic OH excluding ortho intramolecular Hbond substituents is 2. The summed E-state index contributed by atoms with van der Waals surface area (Å²) in [6.45, 7) is 9.13. The molecule has 6 N–H and O–H groups in total. The number of aromatic nitrogens is 1. The Morgan fingerprint density at radius 2 is 1.51 bits per heavy atom. The maximum absolute atomic E-state index is 14.1.